The second-order valence-corrected chi connectivity index (χ2v) is 8.52. The largest absolute Gasteiger partial charge is 0.486 e. The van der Waals surface area contributed by atoms with Crippen LogP contribution in [-0.2, 0) is 18.3 Å². The molecule has 0 N–H and O–H groups in total. The van der Waals surface area contributed by atoms with Gasteiger partial charge in [-0.1, -0.05) is 12.1 Å². The van der Waals surface area contributed by atoms with Crippen molar-refractivity contribution < 1.29 is 9.47 Å². The van der Waals surface area contributed by atoms with E-state index in [1.165, 1.54) is 23.2 Å². The van der Waals surface area contributed by atoms with Crippen molar-refractivity contribution in [3.8, 4) is 5.75 Å². The second kappa shape index (κ2) is 6.64. The first-order valence-corrected chi connectivity index (χ1v) is 10.2. The van der Waals surface area contributed by atoms with E-state index in [0.29, 0.717) is 5.92 Å². The molecule has 4 heterocycles. The van der Waals surface area contributed by atoms with Gasteiger partial charge in [0.2, 0.25) is 0 Å². The maximum absolute atomic E-state index is 6.79. The van der Waals surface area contributed by atoms with E-state index in [4.69, 9.17) is 9.47 Å². The van der Waals surface area contributed by atoms with Crippen LogP contribution >= 0.6 is 0 Å². The Hall–Kier alpha value is -1.85. The van der Waals surface area contributed by atoms with Gasteiger partial charge in [-0.2, -0.15) is 0 Å². The lowest BCUT2D eigenvalue weighted by molar-refractivity contribution is -0.150. The highest BCUT2D eigenvalue weighted by Crippen LogP contribution is 2.53. The molecule has 2 atom stereocenters. The first kappa shape index (κ1) is 17.3. The third-order valence-electron chi connectivity index (χ3n) is 6.79. The number of ether oxygens (including phenoxy) is 2. The lowest BCUT2D eigenvalue weighted by atomic mass is 9.70. The summed E-state index contributed by atoms with van der Waals surface area (Å²) in [5.41, 5.74) is 3.71. The quantitative estimate of drug-likeness (QED) is 0.813. The minimum atomic E-state index is -0.0746. The Morgan fingerprint density at radius 1 is 1.26 bits per heavy atom. The molecular formula is C22H29N3O2. The molecule has 0 bridgehead atoms. The van der Waals surface area contributed by atoms with Gasteiger partial charge in [0.25, 0.3) is 0 Å². The van der Waals surface area contributed by atoms with E-state index in [1.807, 2.05) is 12.5 Å². The Morgan fingerprint density at radius 3 is 2.89 bits per heavy atom. The van der Waals surface area contributed by atoms with Crippen molar-refractivity contribution in [3.05, 3.63) is 47.5 Å². The smallest absolute Gasteiger partial charge is 0.126 e. The van der Waals surface area contributed by atoms with Crippen LogP contribution in [0.5, 0.6) is 5.75 Å². The number of imidazole rings is 1. The van der Waals surface area contributed by atoms with Crippen molar-refractivity contribution in [2.24, 2.45) is 13.0 Å². The van der Waals surface area contributed by atoms with Gasteiger partial charge in [0.1, 0.15) is 11.4 Å². The van der Waals surface area contributed by atoms with E-state index in [1.54, 1.807) is 0 Å². The molecule has 0 saturated carbocycles. The van der Waals surface area contributed by atoms with Crippen LogP contribution in [0.15, 0.2) is 30.7 Å². The molecule has 5 rings (SSSR count). The summed E-state index contributed by atoms with van der Waals surface area (Å²) in [7, 11) is 2.07. The molecule has 3 aliphatic rings. The zero-order valence-electron chi connectivity index (χ0n) is 16.4. The maximum atomic E-state index is 6.79. The average Bonchev–Trinajstić information content (AvgIpc) is 3.08. The SMILES string of the molecule is Cc1ccc2c(c1)OC1(CCN(Cc3cncn3C)CC1)[C@H]1CCCO[C@H]21. The number of likely N-dealkylation sites (tertiary alicyclic amines) is 1. The van der Waals surface area contributed by atoms with Crippen LogP contribution < -0.4 is 4.74 Å². The first-order valence-electron chi connectivity index (χ1n) is 10.2. The number of piperidine rings is 1. The highest BCUT2D eigenvalue weighted by atomic mass is 16.5. The average molecular weight is 367 g/mol. The molecule has 0 radical (unpaired) electrons. The summed E-state index contributed by atoms with van der Waals surface area (Å²) in [6, 6.07) is 6.61. The minimum Gasteiger partial charge on any atom is -0.486 e. The van der Waals surface area contributed by atoms with Crippen molar-refractivity contribution in [2.75, 3.05) is 19.7 Å². The zero-order chi connectivity index (χ0) is 18.4. The van der Waals surface area contributed by atoms with E-state index >= 15 is 0 Å². The first-order chi connectivity index (χ1) is 13.1. The number of benzene rings is 1. The fourth-order valence-corrected chi connectivity index (χ4v) is 5.21. The molecule has 2 fully saturated rings. The molecule has 27 heavy (non-hydrogen) atoms. The third-order valence-corrected chi connectivity index (χ3v) is 6.79. The lowest BCUT2D eigenvalue weighted by Gasteiger charge is -2.53. The Labute approximate surface area is 161 Å². The number of aryl methyl sites for hydroxylation is 2. The van der Waals surface area contributed by atoms with Gasteiger partial charge in [-0.15, -0.1) is 0 Å². The molecule has 1 aromatic heterocycles. The van der Waals surface area contributed by atoms with E-state index < -0.39 is 0 Å². The summed E-state index contributed by atoms with van der Waals surface area (Å²) in [6.07, 6.45) is 8.56. The Balaban J connectivity index is 1.38. The fraction of sp³-hybridized carbons (Fsp3) is 0.591. The number of rotatable bonds is 2. The maximum Gasteiger partial charge on any atom is 0.126 e. The van der Waals surface area contributed by atoms with Crippen LogP contribution in [0.3, 0.4) is 0 Å². The van der Waals surface area contributed by atoms with Crippen LogP contribution in [-0.4, -0.2) is 39.7 Å². The molecule has 0 unspecified atom stereocenters. The van der Waals surface area contributed by atoms with Crippen LogP contribution in [0.25, 0.3) is 0 Å². The van der Waals surface area contributed by atoms with E-state index in [-0.39, 0.29) is 11.7 Å². The van der Waals surface area contributed by atoms with Gasteiger partial charge in [0.05, 0.1) is 18.1 Å². The predicted octanol–water partition coefficient (Wildman–Crippen LogP) is 3.62. The molecule has 3 aliphatic heterocycles. The molecule has 5 heteroatoms. The molecule has 0 aliphatic carbocycles. The van der Waals surface area contributed by atoms with Crippen molar-refractivity contribution in [1.82, 2.24) is 14.5 Å². The Morgan fingerprint density at radius 2 is 2.11 bits per heavy atom. The van der Waals surface area contributed by atoms with Gasteiger partial charge in [-0.05, 0) is 31.4 Å². The van der Waals surface area contributed by atoms with Crippen LogP contribution in [0.4, 0.5) is 0 Å². The number of hydrogen-bond acceptors (Lipinski definition) is 4. The molecule has 5 nitrogen and oxygen atoms in total. The molecular weight excluding hydrogens is 338 g/mol. The normalized spacial score (nSPS) is 27.0. The molecule has 1 aromatic carbocycles. The fourth-order valence-electron chi connectivity index (χ4n) is 5.21. The Bertz CT molecular complexity index is 823. The van der Waals surface area contributed by atoms with Crippen LogP contribution in [0, 0.1) is 12.8 Å². The molecule has 2 aromatic rings. The van der Waals surface area contributed by atoms with Crippen molar-refractivity contribution >= 4 is 0 Å². The number of hydrogen-bond donors (Lipinski definition) is 0. The topological polar surface area (TPSA) is 39.5 Å². The second-order valence-electron chi connectivity index (χ2n) is 8.52. The zero-order valence-corrected chi connectivity index (χ0v) is 16.4. The van der Waals surface area contributed by atoms with Gasteiger partial charge in [-0.25, -0.2) is 4.98 Å². The lowest BCUT2D eigenvalue weighted by Crippen LogP contribution is -2.57. The third kappa shape index (κ3) is 2.97. The van der Waals surface area contributed by atoms with E-state index in [2.05, 4.69) is 46.6 Å². The van der Waals surface area contributed by atoms with Crippen molar-refractivity contribution in [1.29, 1.82) is 0 Å². The van der Waals surface area contributed by atoms with Crippen LogP contribution in [0.2, 0.25) is 0 Å². The van der Waals surface area contributed by atoms with Gasteiger partial charge in [0.15, 0.2) is 0 Å². The Kier molecular flexibility index (Phi) is 4.25. The van der Waals surface area contributed by atoms with Crippen molar-refractivity contribution in [3.63, 3.8) is 0 Å². The number of fused-ring (bicyclic) bond motifs is 4. The minimum absolute atomic E-state index is 0.0746. The van der Waals surface area contributed by atoms with Crippen molar-refractivity contribution in [2.45, 2.75) is 50.9 Å². The van der Waals surface area contributed by atoms with Gasteiger partial charge >= 0.3 is 0 Å². The van der Waals surface area contributed by atoms with Gasteiger partial charge in [0, 0.05) is 63.8 Å². The molecule has 144 valence electrons. The molecule has 1 spiro atoms. The van der Waals surface area contributed by atoms with Gasteiger partial charge in [-0.3, -0.25) is 4.90 Å². The molecule has 2 saturated heterocycles. The molecule has 0 amide bonds. The summed E-state index contributed by atoms with van der Waals surface area (Å²) in [5.74, 6) is 1.53. The van der Waals surface area contributed by atoms with E-state index in [9.17, 15) is 0 Å². The summed E-state index contributed by atoms with van der Waals surface area (Å²) in [6.45, 7) is 6.11. The summed E-state index contributed by atoms with van der Waals surface area (Å²) in [4.78, 5) is 6.79. The summed E-state index contributed by atoms with van der Waals surface area (Å²) in [5, 5.41) is 0. The monoisotopic (exact) mass is 367 g/mol. The van der Waals surface area contributed by atoms with Gasteiger partial charge < -0.3 is 14.0 Å². The summed E-state index contributed by atoms with van der Waals surface area (Å²) >= 11 is 0. The summed E-state index contributed by atoms with van der Waals surface area (Å²) < 4.78 is 15.2. The number of aromatic nitrogens is 2. The predicted molar refractivity (Wildman–Crippen MR) is 104 cm³/mol. The highest BCUT2D eigenvalue weighted by Gasteiger charge is 2.52. The number of nitrogens with zero attached hydrogens (tertiary/aromatic N) is 3. The standard InChI is InChI=1S/C22H29N3O2/c1-16-5-6-18-20(12-16)27-22(19-4-3-11-26-21(18)19)7-9-25(10-8-22)14-17-13-23-15-24(17)2/h5-6,12-13,15,19,21H,3-4,7-11,14H2,1-2H3/t19-,21+/m0/s1. The van der Waals surface area contributed by atoms with E-state index in [0.717, 1.165) is 51.3 Å². The van der Waals surface area contributed by atoms with Crippen LogP contribution in [0.1, 0.15) is 48.6 Å². The highest BCUT2D eigenvalue weighted by molar-refractivity contribution is 5.42.